The van der Waals surface area contributed by atoms with Crippen LogP contribution in [-0.2, 0) is 4.84 Å². The number of benzene rings is 1. The molecule has 1 aromatic carbocycles. The normalized spacial score (nSPS) is 15.4. The highest BCUT2D eigenvalue weighted by atomic mass is 16.7. The van der Waals surface area contributed by atoms with E-state index in [9.17, 15) is 4.79 Å². The van der Waals surface area contributed by atoms with Gasteiger partial charge in [0.05, 0.1) is 5.56 Å². The lowest BCUT2D eigenvalue weighted by Gasteiger charge is -2.17. The van der Waals surface area contributed by atoms with Crippen molar-refractivity contribution in [1.82, 2.24) is 9.97 Å². The molecule has 7 nitrogen and oxygen atoms in total. The quantitative estimate of drug-likeness (QED) is 0.358. The summed E-state index contributed by atoms with van der Waals surface area (Å²) in [6, 6.07) is 7.22. The predicted octanol–water partition coefficient (Wildman–Crippen LogP) is 3.11. The summed E-state index contributed by atoms with van der Waals surface area (Å²) in [5.41, 5.74) is 8.16. The molecule has 1 atom stereocenters. The van der Waals surface area contributed by atoms with Gasteiger partial charge in [-0.3, -0.25) is 0 Å². The second kappa shape index (κ2) is 7.51. The average Bonchev–Trinajstić information content (AvgIpc) is 3.48. The van der Waals surface area contributed by atoms with Crippen molar-refractivity contribution in [2.24, 2.45) is 16.8 Å². The topological polar surface area (TPSA) is 102 Å². The van der Waals surface area contributed by atoms with E-state index < -0.39 is 5.97 Å². The van der Waals surface area contributed by atoms with Gasteiger partial charge < -0.3 is 15.9 Å². The van der Waals surface area contributed by atoms with Gasteiger partial charge in [-0.05, 0) is 51.3 Å². The Balaban J connectivity index is 1.63. The Labute approximate surface area is 152 Å². The molecular weight excluding hydrogens is 330 g/mol. The van der Waals surface area contributed by atoms with Crippen molar-refractivity contribution < 1.29 is 9.63 Å². The highest BCUT2D eigenvalue weighted by Crippen LogP contribution is 2.28. The van der Waals surface area contributed by atoms with Gasteiger partial charge in [-0.2, -0.15) is 0 Å². The van der Waals surface area contributed by atoms with Crippen LogP contribution >= 0.6 is 0 Å². The van der Waals surface area contributed by atoms with Crippen LogP contribution < -0.4 is 11.1 Å². The molecule has 1 aliphatic rings. The molecule has 1 saturated carbocycles. The third kappa shape index (κ3) is 4.36. The number of nitrogens with one attached hydrogen (secondary N) is 1. The Hall–Kier alpha value is -2.96. The van der Waals surface area contributed by atoms with Gasteiger partial charge in [-0.25, -0.2) is 14.8 Å². The number of hydrogen-bond acceptors (Lipinski definition) is 6. The number of aromatic nitrogens is 2. The number of hydrogen-bond donors (Lipinski definition) is 2. The van der Waals surface area contributed by atoms with E-state index in [4.69, 9.17) is 10.6 Å². The lowest BCUT2D eigenvalue weighted by molar-refractivity contribution is 0.0514. The SMILES string of the molecule is Cc1ncc(C)c(N[C@@H](C)c2ccc(C(=O)O/N=C(\N)C3CC3)cc2)n1. The molecule has 3 rings (SSSR count). The van der Waals surface area contributed by atoms with Crippen molar-refractivity contribution >= 4 is 17.6 Å². The minimum atomic E-state index is -0.511. The molecule has 0 aliphatic heterocycles. The van der Waals surface area contributed by atoms with E-state index >= 15 is 0 Å². The third-order valence-electron chi connectivity index (χ3n) is 4.32. The molecule has 26 heavy (non-hydrogen) atoms. The van der Waals surface area contributed by atoms with E-state index in [1.54, 1.807) is 18.3 Å². The first-order valence-electron chi connectivity index (χ1n) is 8.65. The minimum absolute atomic E-state index is 0.0246. The van der Waals surface area contributed by atoms with E-state index in [0.29, 0.717) is 11.4 Å². The maximum atomic E-state index is 12.0. The number of carbonyl (C=O) groups is 1. The molecule has 1 fully saturated rings. The van der Waals surface area contributed by atoms with Crippen molar-refractivity contribution in [1.29, 1.82) is 0 Å². The summed E-state index contributed by atoms with van der Waals surface area (Å²) in [7, 11) is 0. The Morgan fingerprint density at radius 2 is 2.00 bits per heavy atom. The lowest BCUT2D eigenvalue weighted by atomic mass is 10.1. The smallest absolute Gasteiger partial charge is 0.365 e. The lowest BCUT2D eigenvalue weighted by Crippen LogP contribution is -2.15. The number of nitrogens with two attached hydrogens (primary N) is 1. The van der Waals surface area contributed by atoms with Gasteiger partial charge in [0.25, 0.3) is 0 Å². The Kier molecular flexibility index (Phi) is 5.16. The molecule has 0 amide bonds. The van der Waals surface area contributed by atoms with Gasteiger partial charge in [0, 0.05) is 23.7 Å². The zero-order valence-electron chi connectivity index (χ0n) is 15.2. The van der Waals surface area contributed by atoms with Gasteiger partial charge in [0.2, 0.25) is 0 Å². The monoisotopic (exact) mass is 353 g/mol. The van der Waals surface area contributed by atoms with Crippen molar-refractivity contribution in [3.05, 3.63) is 53.0 Å². The molecule has 0 saturated heterocycles. The van der Waals surface area contributed by atoms with Crippen LogP contribution in [0.4, 0.5) is 5.82 Å². The highest BCUT2D eigenvalue weighted by molar-refractivity contribution is 5.91. The van der Waals surface area contributed by atoms with Gasteiger partial charge in [-0.1, -0.05) is 17.3 Å². The largest absolute Gasteiger partial charge is 0.384 e. The van der Waals surface area contributed by atoms with Crippen LogP contribution in [0, 0.1) is 19.8 Å². The summed E-state index contributed by atoms with van der Waals surface area (Å²) < 4.78 is 0. The van der Waals surface area contributed by atoms with Crippen molar-refractivity contribution in [3.63, 3.8) is 0 Å². The fourth-order valence-corrected chi connectivity index (χ4v) is 2.47. The molecule has 136 valence electrons. The minimum Gasteiger partial charge on any atom is -0.384 e. The van der Waals surface area contributed by atoms with Crippen molar-refractivity contribution in [2.45, 2.75) is 39.7 Å². The first-order chi connectivity index (χ1) is 12.4. The Morgan fingerprint density at radius 1 is 1.31 bits per heavy atom. The van der Waals surface area contributed by atoms with Crippen LogP contribution in [0.3, 0.4) is 0 Å². The number of aryl methyl sites for hydroxylation is 2. The summed E-state index contributed by atoms with van der Waals surface area (Å²) in [4.78, 5) is 25.5. The summed E-state index contributed by atoms with van der Waals surface area (Å²) in [5.74, 6) is 1.67. The van der Waals surface area contributed by atoms with Crippen molar-refractivity contribution in [2.75, 3.05) is 5.32 Å². The molecular formula is C19H23N5O2. The van der Waals surface area contributed by atoms with E-state index in [1.807, 2.05) is 32.9 Å². The first-order valence-corrected chi connectivity index (χ1v) is 8.65. The van der Waals surface area contributed by atoms with Crippen LogP contribution in [0.15, 0.2) is 35.6 Å². The molecule has 0 unspecified atom stereocenters. The maximum absolute atomic E-state index is 12.0. The van der Waals surface area contributed by atoms with Crippen molar-refractivity contribution in [3.8, 4) is 0 Å². The van der Waals surface area contributed by atoms with Gasteiger partial charge in [0.15, 0.2) is 0 Å². The zero-order valence-corrected chi connectivity index (χ0v) is 15.2. The second-order valence-corrected chi connectivity index (χ2v) is 6.61. The molecule has 1 aliphatic carbocycles. The van der Waals surface area contributed by atoms with Crippen LogP contribution in [0.5, 0.6) is 0 Å². The summed E-state index contributed by atoms with van der Waals surface area (Å²) in [6.07, 6.45) is 3.82. The number of rotatable bonds is 6. The van der Waals surface area contributed by atoms with Gasteiger partial charge in [0.1, 0.15) is 17.5 Å². The van der Waals surface area contributed by atoms with Gasteiger partial charge in [-0.15, -0.1) is 0 Å². The van der Waals surface area contributed by atoms with E-state index in [2.05, 4.69) is 20.4 Å². The van der Waals surface area contributed by atoms with Crippen LogP contribution in [-0.4, -0.2) is 21.8 Å². The van der Waals surface area contributed by atoms with Crippen LogP contribution in [0.1, 0.15) is 53.1 Å². The molecule has 0 radical (unpaired) electrons. The fourth-order valence-electron chi connectivity index (χ4n) is 2.47. The van der Waals surface area contributed by atoms with Crippen LogP contribution in [0.25, 0.3) is 0 Å². The number of anilines is 1. The molecule has 0 spiro atoms. The zero-order chi connectivity index (χ0) is 18.7. The standard InChI is InChI=1S/C19H23N5O2/c1-11-10-21-13(3)23-18(11)22-12(2)14-4-8-16(9-5-14)19(25)26-24-17(20)15-6-7-15/h4-5,8-10,12,15H,6-7H2,1-3H3,(H2,20,24)(H,21,22,23)/t12-/m0/s1. The molecule has 0 bridgehead atoms. The second-order valence-electron chi connectivity index (χ2n) is 6.61. The third-order valence-corrected chi connectivity index (χ3v) is 4.32. The Bertz CT molecular complexity index is 828. The van der Waals surface area contributed by atoms with E-state index in [1.165, 1.54) is 0 Å². The van der Waals surface area contributed by atoms with E-state index in [-0.39, 0.29) is 12.0 Å². The van der Waals surface area contributed by atoms with E-state index in [0.717, 1.165) is 35.6 Å². The molecule has 3 N–H and O–H groups in total. The summed E-state index contributed by atoms with van der Waals surface area (Å²) in [5, 5.41) is 7.08. The molecule has 7 heteroatoms. The molecule has 2 aromatic rings. The summed E-state index contributed by atoms with van der Waals surface area (Å²) in [6.45, 7) is 5.85. The number of carbonyl (C=O) groups excluding carboxylic acids is 1. The highest BCUT2D eigenvalue weighted by Gasteiger charge is 2.26. The first kappa shape index (κ1) is 17.8. The average molecular weight is 353 g/mol. The number of nitrogens with zero attached hydrogens (tertiary/aromatic N) is 3. The van der Waals surface area contributed by atoms with Crippen LogP contribution in [0.2, 0.25) is 0 Å². The maximum Gasteiger partial charge on any atom is 0.365 e. The Morgan fingerprint density at radius 3 is 2.65 bits per heavy atom. The fraction of sp³-hybridized carbons (Fsp3) is 0.368. The van der Waals surface area contributed by atoms with Gasteiger partial charge >= 0.3 is 5.97 Å². The molecule has 1 heterocycles. The predicted molar refractivity (Wildman–Crippen MR) is 99.7 cm³/mol. The number of oxime groups is 1. The molecule has 1 aromatic heterocycles. The summed E-state index contributed by atoms with van der Waals surface area (Å²) >= 11 is 0. The number of amidine groups is 1.